The number of unbranched alkanes of at least 4 members (excludes halogenated alkanes) is 8. The van der Waals surface area contributed by atoms with E-state index in [1.54, 1.807) is 6.92 Å². The predicted molar refractivity (Wildman–Crippen MR) is 101 cm³/mol. The number of aryl methyl sites for hydroxylation is 1. The van der Waals surface area contributed by atoms with Crippen LogP contribution in [0.4, 0.5) is 0 Å². The second kappa shape index (κ2) is 11.3. The molecule has 25 heavy (non-hydrogen) atoms. The average molecular weight is 347 g/mol. The Hall–Kier alpha value is -1.35. The van der Waals surface area contributed by atoms with Gasteiger partial charge in [0.15, 0.2) is 0 Å². The van der Waals surface area contributed by atoms with Gasteiger partial charge in [-0.1, -0.05) is 81.7 Å². The van der Waals surface area contributed by atoms with Gasteiger partial charge in [0.2, 0.25) is 0 Å². The van der Waals surface area contributed by atoms with Crippen LogP contribution < -0.4 is 0 Å². The molecule has 1 N–H and O–H groups in total. The highest BCUT2D eigenvalue weighted by Crippen LogP contribution is 2.26. The smallest absolute Gasteiger partial charge is 0.312 e. The fraction of sp³-hybridized carbons (Fsp3) is 0.682. The molecular weight excluding hydrogens is 312 g/mol. The molecule has 1 aliphatic heterocycles. The van der Waals surface area contributed by atoms with Crippen LogP contribution in [0.25, 0.3) is 0 Å². The largest absolute Gasteiger partial charge is 0.460 e. The number of benzene rings is 1. The number of carbonyl (C=O) groups excluding carboxylic acids is 1. The molecule has 0 aromatic heterocycles. The van der Waals surface area contributed by atoms with E-state index in [9.17, 15) is 9.90 Å². The number of esters is 1. The van der Waals surface area contributed by atoms with Gasteiger partial charge in [0.25, 0.3) is 0 Å². The van der Waals surface area contributed by atoms with Gasteiger partial charge in [-0.2, -0.15) is 0 Å². The predicted octanol–water partition coefficient (Wildman–Crippen LogP) is 5.05. The SMILES string of the molecule is CC1OC(=O)C(CCCCCCCCCCCc2ccccc2)C1O. The Morgan fingerprint density at radius 3 is 2.00 bits per heavy atom. The lowest BCUT2D eigenvalue weighted by Gasteiger charge is -2.11. The van der Waals surface area contributed by atoms with Crippen molar-refractivity contribution in [2.75, 3.05) is 0 Å². The number of aliphatic hydroxyl groups is 1. The van der Waals surface area contributed by atoms with E-state index in [0.29, 0.717) is 0 Å². The van der Waals surface area contributed by atoms with Crippen LogP contribution in [0, 0.1) is 5.92 Å². The minimum absolute atomic E-state index is 0.212. The molecule has 0 amide bonds. The van der Waals surface area contributed by atoms with Crippen molar-refractivity contribution in [2.45, 2.75) is 89.8 Å². The number of hydrogen-bond acceptors (Lipinski definition) is 3. The molecule has 3 atom stereocenters. The first kappa shape index (κ1) is 20.0. The highest BCUT2D eigenvalue weighted by Gasteiger charge is 2.40. The van der Waals surface area contributed by atoms with Crippen molar-refractivity contribution in [3.63, 3.8) is 0 Å². The lowest BCUT2D eigenvalue weighted by molar-refractivity contribution is -0.143. The van der Waals surface area contributed by atoms with Gasteiger partial charge in [-0.25, -0.2) is 0 Å². The van der Waals surface area contributed by atoms with Crippen LogP contribution in [0.15, 0.2) is 30.3 Å². The zero-order chi connectivity index (χ0) is 17.9. The first-order valence-corrected chi connectivity index (χ1v) is 10.1. The maximum Gasteiger partial charge on any atom is 0.312 e. The molecular formula is C22H34O3. The molecule has 0 radical (unpaired) electrons. The average Bonchev–Trinajstić information content (AvgIpc) is 2.86. The van der Waals surface area contributed by atoms with Crippen LogP contribution in [-0.4, -0.2) is 23.3 Å². The number of rotatable bonds is 12. The lowest BCUT2D eigenvalue weighted by atomic mass is 9.95. The maximum atomic E-state index is 11.6. The third kappa shape index (κ3) is 7.19. The van der Waals surface area contributed by atoms with Gasteiger partial charge in [0, 0.05) is 0 Å². The van der Waals surface area contributed by atoms with Crippen LogP contribution >= 0.6 is 0 Å². The molecule has 3 heteroatoms. The topological polar surface area (TPSA) is 46.5 Å². The maximum absolute atomic E-state index is 11.6. The summed E-state index contributed by atoms with van der Waals surface area (Å²) in [5.41, 5.74) is 1.45. The summed E-state index contributed by atoms with van der Waals surface area (Å²) in [7, 11) is 0. The van der Waals surface area contributed by atoms with Gasteiger partial charge in [0.05, 0.1) is 5.92 Å². The van der Waals surface area contributed by atoms with Gasteiger partial charge in [-0.15, -0.1) is 0 Å². The molecule has 3 nitrogen and oxygen atoms in total. The number of aliphatic hydroxyl groups excluding tert-OH is 1. The van der Waals surface area contributed by atoms with Crippen molar-refractivity contribution in [2.24, 2.45) is 5.92 Å². The molecule has 1 aromatic carbocycles. The van der Waals surface area contributed by atoms with E-state index >= 15 is 0 Å². The minimum Gasteiger partial charge on any atom is -0.460 e. The third-order valence-electron chi connectivity index (χ3n) is 5.32. The van der Waals surface area contributed by atoms with Gasteiger partial charge in [-0.3, -0.25) is 4.79 Å². The Kier molecular flexibility index (Phi) is 9.03. The normalized spacial score (nSPS) is 23.0. The van der Waals surface area contributed by atoms with Crippen molar-refractivity contribution in [3.8, 4) is 0 Å². The minimum atomic E-state index is -0.608. The number of ether oxygens (including phenoxy) is 1. The molecule has 0 bridgehead atoms. The van der Waals surface area contributed by atoms with E-state index in [2.05, 4.69) is 30.3 Å². The summed E-state index contributed by atoms with van der Waals surface area (Å²) in [5.74, 6) is -0.505. The van der Waals surface area contributed by atoms with E-state index in [4.69, 9.17) is 4.74 Å². The third-order valence-corrected chi connectivity index (χ3v) is 5.32. The summed E-state index contributed by atoms with van der Waals surface area (Å²) in [6, 6.07) is 10.7. The van der Waals surface area contributed by atoms with Crippen molar-refractivity contribution in [1.82, 2.24) is 0 Å². The first-order chi connectivity index (χ1) is 12.2. The highest BCUT2D eigenvalue weighted by molar-refractivity contribution is 5.75. The standard InChI is InChI=1S/C22H34O3/c1-18-21(23)20(22(24)25-18)17-13-8-6-4-2-3-5-7-10-14-19-15-11-9-12-16-19/h9,11-12,15-16,18,20-21,23H,2-8,10,13-14,17H2,1H3. The molecule has 0 aliphatic carbocycles. The van der Waals surface area contributed by atoms with Crippen molar-refractivity contribution >= 4 is 5.97 Å². The molecule has 1 aromatic rings. The molecule has 1 fully saturated rings. The second-order valence-corrected chi connectivity index (χ2v) is 7.45. The van der Waals surface area contributed by atoms with Gasteiger partial charge in [0.1, 0.15) is 12.2 Å². The Morgan fingerprint density at radius 1 is 0.880 bits per heavy atom. The summed E-state index contributed by atoms with van der Waals surface area (Å²) in [6.45, 7) is 1.77. The molecule has 1 aliphatic rings. The molecule has 1 heterocycles. The van der Waals surface area contributed by atoms with Crippen molar-refractivity contribution < 1.29 is 14.6 Å². The lowest BCUT2D eigenvalue weighted by Crippen LogP contribution is -2.24. The van der Waals surface area contributed by atoms with E-state index < -0.39 is 6.10 Å². The summed E-state index contributed by atoms with van der Waals surface area (Å²) in [5, 5.41) is 9.90. The van der Waals surface area contributed by atoms with Gasteiger partial charge >= 0.3 is 5.97 Å². The second-order valence-electron chi connectivity index (χ2n) is 7.45. The van der Waals surface area contributed by atoms with Gasteiger partial charge < -0.3 is 9.84 Å². The molecule has 1 saturated heterocycles. The highest BCUT2D eigenvalue weighted by atomic mass is 16.6. The molecule has 3 unspecified atom stereocenters. The van der Waals surface area contributed by atoms with Crippen LogP contribution in [0.2, 0.25) is 0 Å². The Bertz CT molecular complexity index is 485. The zero-order valence-electron chi connectivity index (χ0n) is 15.7. The number of cyclic esters (lactones) is 1. The molecule has 2 rings (SSSR count). The number of carbonyl (C=O) groups is 1. The fourth-order valence-electron chi connectivity index (χ4n) is 3.67. The summed E-state index contributed by atoms with van der Waals surface area (Å²) in [6.07, 6.45) is 12.3. The van der Waals surface area contributed by atoms with Gasteiger partial charge in [-0.05, 0) is 31.7 Å². The van der Waals surface area contributed by atoms with Crippen LogP contribution in [-0.2, 0) is 16.0 Å². The van der Waals surface area contributed by atoms with Crippen molar-refractivity contribution in [1.29, 1.82) is 0 Å². The van der Waals surface area contributed by atoms with E-state index in [1.807, 2.05) is 0 Å². The fourth-order valence-corrected chi connectivity index (χ4v) is 3.67. The number of hydrogen-bond donors (Lipinski definition) is 1. The Labute approximate surface area is 152 Å². The van der Waals surface area contributed by atoms with Crippen LogP contribution in [0.3, 0.4) is 0 Å². The zero-order valence-corrected chi connectivity index (χ0v) is 15.7. The van der Waals surface area contributed by atoms with Crippen molar-refractivity contribution in [3.05, 3.63) is 35.9 Å². The van der Waals surface area contributed by atoms with E-state index in [1.165, 1.54) is 56.9 Å². The van der Waals surface area contributed by atoms with E-state index in [0.717, 1.165) is 19.3 Å². The summed E-state index contributed by atoms with van der Waals surface area (Å²) < 4.78 is 5.07. The van der Waals surface area contributed by atoms with Crippen LogP contribution in [0.1, 0.15) is 76.7 Å². The monoisotopic (exact) mass is 346 g/mol. The summed E-state index contributed by atoms with van der Waals surface area (Å²) >= 11 is 0. The molecule has 0 saturated carbocycles. The molecule has 140 valence electrons. The van der Waals surface area contributed by atoms with Crippen LogP contribution in [0.5, 0.6) is 0 Å². The quantitative estimate of drug-likeness (QED) is 0.425. The summed E-state index contributed by atoms with van der Waals surface area (Å²) in [4.78, 5) is 11.6. The van der Waals surface area contributed by atoms with E-state index in [-0.39, 0.29) is 18.0 Å². The Balaban J connectivity index is 1.37. The first-order valence-electron chi connectivity index (χ1n) is 10.1. The molecule has 0 spiro atoms. The Morgan fingerprint density at radius 2 is 1.44 bits per heavy atom.